The first-order valence-electron chi connectivity index (χ1n) is 13.4. The van der Waals surface area contributed by atoms with Gasteiger partial charge in [0, 0.05) is 29.4 Å². The van der Waals surface area contributed by atoms with Gasteiger partial charge in [-0.1, -0.05) is 47.4 Å². The number of piperidine rings is 1. The smallest absolute Gasteiger partial charge is 0.174 e. The fourth-order valence-corrected chi connectivity index (χ4v) is 7.00. The predicted octanol–water partition coefficient (Wildman–Crippen LogP) is 8.56. The van der Waals surface area contributed by atoms with Gasteiger partial charge in [0.15, 0.2) is 5.11 Å². The Labute approximate surface area is 252 Å². The third-order valence-electron chi connectivity index (χ3n) is 7.63. The van der Waals surface area contributed by atoms with Crippen LogP contribution in [0.1, 0.15) is 43.8 Å². The molecule has 9 heteroatoms. The van der Waals surface area contributed by atoms with Gasteiger partial charge in [0.2, 0.25) is 0 Å². The van der Waals surface area contributed by atoms with E-state index in [2.05, 4.69) is 57.1 Å². The Balaban J connectivity index is 1.39. The number of anilines is 2. The van der Waals surface area contributed by atoms with Crippen LogP contribution < -0.4 is 15.1 Å². The highest BCUT2D eigenvalue weighted by atomic mass is 79.9. The van der Waals surface area contributed by atoms with Gasteiger partial charge in [-0.25, -0.2) is 4.39 Å². The summed E-state index contributed by atoms with van der Waals surface area (Å²) in [6.45, 7) is 6.55. The van der Waals surface area contributed by atoms with E-state index in [1.807, 2.05) is 35.2 Å². The molecule has 0 radical (unpaired) electrons. The Kier molecular flexibility index (Phi) is 7.59. The summed E-state index contributed by atoms with van der Waals surface area (Å²) in [6, 6.07) is 19.9. The van der Waals surface area contributed by atoms with Crippen LogP contribution in [0.3, 0.4) is 0 Å². The highest BCUT2D eigenvalue weighted by Gasteiger charge is 2.43. The van der Waals surface area contributed by atoms with Crippen LogP contribution in [0.2, 0.25) is 5.02 Å². The number of benzene rings is 2. The standard InChI is InChI=1S/C31H29BrClFN4OS/c1-18-13-19(2)17-37(16-18)26-9-7-21(15-23(26)33)38-30(29(36-31(38)40)25-5-3-4-12-35-25)28-11-10-27(39-28)22-8-6-20(32)14-24(22)34/h3-12,14-15,18-19,29-30H,13,16-17H2,1-2H3,(H,36,40). The number of thiocarbonyl (C=S) groups is 1. The molecule has 6 rings (SSSR count). The zero-order valence-electron chi connectivity index (χ0n) is 22.2. The normalized spacial score (nSPS) is 23.0. The van der Waals surface area contributed by atoms with Crippen molar-refractivity contribution in [3.05, 3.63) is 99.7 Å². The maximum absolute atomic E-state index is 14.8. The van der Waals surface area contributed by atoms with Crippen molar-refractivity contribution < 1.29 is 8.81 Å². The predicted molar refractivity (Wildman–Crippen MR) is 166 cm³/mol. The molecule has 0 bridgehead atoms. The van der Waals surface area contributed by atoms with Crippen molar-refractivity contribution >= 4 is 56.2 Å². The number of aromatic nitrogens is 1. The highest BCUT2D eigenvalue weighted by molar-refractivity contribution is 9.10. The second-order valence-electron chi connectivity index (χ2n) is 10.8. The maximum atomic E-state index is 14.8. The van der Waals surface area contributed by atoms with E-state index < -0.39 is 0 Å². The Hall–Kier alpha value is -2.94. The van der Waals surface area contributed by atoms with Gasteiger partial charge in [-0.2, -0.15) is 0 Å². The molecular formula is C31H29BrClFN4OS. The number of nitrogens with zero attached hydrogens (tertiary/aromatic N) is 3. The second kappa shape index (κ2) is 11.1. The number of hydrogen-bond donors (Lipinski definition) is 1. The SMILES string of the molecule is CC1CC(C)CN(c2ccc(N3C(=S)NC(c4ccccn4)C3c3ccc(-c4ccc(Br)cc4F)o3)cc2Cl)C1. The van der Waals surface area contributed by atoms with Gasteiger partial charge in [0.1, 0.15) is 23.4 Å². The van der Waals surface area contributed by atoms with E-state index in [4.69, 9.17) is 28.2 Å². The van der Waals surface area contributed by atoms with E-state index in [9.17, 15) is 4.39 Å². The van der Waals surface area contributed by atoms with Crippen molar-refractivity contribution in [2.45, 2.75) is 32.4 Å². The third kappa shape index (κ3) is 5.24. The summed E-state index contributed by atoms with van der Waals surface area (Å²) in [6.07, 6.45) is 2.99. The lowest BCUT2D eigenvalue weighted by Gasteiger charge is -2.37. The lowest BCUT2D eigenvalue weighted by atomic mass is 9.91. The van der Waals surface area contributed by atoms with Crippen LogP contribution in [0.5, 0.6) is 0 Å². The van der Waals surface area contributed by atoms with Crippen molar-refractivity contribution in [1.29, 1.82) is 0 Å². The number of nitrogens with one attached hydrogen (secondary N) is 1. The molecule has 4 aromatic rings. The van der Waals surface area contributed by atoms with E-state index in [1.165, 1.54) is 12.5 Å². The molecule has 2 aromatic carbocycles. The average molecular weight is 640 g/mol. The minimum atomic E-state index is -0.369. The fraction of sp³-hybridized carbons (Fsp3) is 0.290. The van der Waals surface area contributed by atoms with Gasteiger partial charge in [-0.3, -0.25) is 4.98 Å². The quantitative estimate of drug-likeness (QED) is 0.221. The lowest BCUT2D eigenvalue weighted by Crippen LogP contribution is -2.38. The molecule has 2 fully saturated rings. The molecule has 2 saturated heterocycles. The number of halogens is 3. The van der Waals surface area contributed by atoms with Crippen molar-refractivity contribution in [3.63, 3.8) is 0 Å². The molecule has 0 amide bonds. The molecule has 1 N–H and O–H groups in total. The second-order valence-corrected chi connectivity index (χ2v) is 12.5. The van der Waals surface area contributed by atoms with E-state index >= 15 is 0 Å². The van der Waals surface area contributed by atoms with Crippen LogP contribution in [-0.2, 0) is 0 Å². The van der Waals surface area contributed by atoms with Crippen LogP contribution in [0.15, 0.2) is 81.8 Å². The van der Waals surface area contributed by atoms with Crippen molar-refractivity contribution in [1.82, 2.24) is 10.3 Å². The Morgan fingerprint density at radius 3 is 2.55 bits per heavy atom. The molecule has 2 aromatic heterocycles. The molecular weight excluding hydrogens is 611 g/mol. The summed E-state index contributed by atoms with van der Waals surface area (Å²) < 4.78 is 21.8. The molecule has 0 spiro atoms. The topological polar surface area (TPSA) is 44.5 Å². The van der Waals surface area contributed by atoms with Gasteiger partial charge in [0.25, 0.3) is 0 Å². The third-order valence-corrected chi connectivity index (χ3v) is 8.74. The molecule has 206 valence electrons. The molecule has 5 nitrogen and oxygen atoms in total. The van der Waals surface area contributed by atoms with Crippen LogP contribution in [0, 0.1) is 17.7 Å². The Morgan fingerprint density at radius 2 is 1.85 bits per heavy atom. The molecule has 0 saturated carbocycles. The first-order chi connectivity index (χ1) is 19.3. The first kappa shape index (κ1) is 27.2. The Bertz CT molecular complexity index is 1540. The van der Waals surface area contributed by atoms with E-state index in [1.54, 1.807) is 24.4 Å². The van der Waals surface area contributed by atoms with Gasteiger partial charge in [0.05, 0.1) is 28.0 Å². The van der Waals surface area contributed by atoms with Crippen LogP contribution >= 0.6 is 39.7 Å². The van der Waals surface area contributed by atoms with Crippen molar-refractivity contribution in [3.8, 4) is 11.3 Å². The summed E-state index contributed by atoms with van der Waals surface area (Å²) >= 11 is 16.1. The summed E-state index contributed by atoms with van der Waals surface area (Å²) in [5.41, 5.74) is 3.09. The summed E-state index contributed by atoms with van der Waals surface area (Å²) in [7, 11) is 0. The number of rotatable bonds is 5. The van der Waals surface area contributed by atoms with Crippen LogP contribution in [0.25, 0.3) is 11.3 Å². The molecule has 4 unspecified atom stereocenters. The minimum absolute atomic E-state index is 0.287. The monoisotopic (exact) mass is 638 g/mol. The molecule has 2 aliphatic heterocycles. The van der Waals surface area contributed by atoms with Gasteiger partial charge >= 0.3 is 0 Å². The van der Waals surface area contributed by atoms with E-state index in [-0.39, 0.29) is 17.9 Å². The first-order valence-corrected chi connectivity index (χ1v) is 15.0. The molecule has 4 heterocycles. The largest absolute Gasteiger partial charge is 0.459 e. The van der Waals surface area contributed by atoms with Crippen molar-refractivity contribution in [2.24, 2.45) is 11.8 Å². The van der Waals surface area contributed by atoms with Crippen molar-refractivity contribution in [2.75, 3.05) is 22.9 Å². The van der Waals surface area contributed by atoms with E-state index in [0.29, 0.717) is 43.5 Å². The summed E-state index contributed by atoms with van der Waals surface area (Å²) in [5.74, 6) is 1.94. The molecule has 2 aliphatic rings. The maximum Gasteiger partial charge on any atom is 0.174 e. The fourth-order valence-electron chi connectivity index (χ4n) is 6.03. The zero-order chi connectivity index (χ0) is 28.0. The lowest BCUT2D eigenvalue weighted by molar-refractivity contribution is 0.357. The summed E-state index contributed by atoms with van der Waals surface area (Å²) in [5, 5.41) is 4.66. The number of pyridine rings is 1. The summed E-state index contributed by atoms with van der Waals surface area (Å²) in [4.78, 5) is 9.01. The Morgan fingerprint density at radius 1 is 1.05 bits per heavy atom. The number of hydrogen-bond acceptors (Lipinski definition) is 4. The van der Waals surface area contributed by atoms with E-state index in [0.717, 1.165) is 30.2 Å². The average Bonchev–Trinajstić information content (AvgIpc) is 3.53. The van der Waals surface area contributed by atoms with Crippen LogP contribution in [-0.4, -0.2) is 23.2 Å². The highest BCUT2D eigenvalue weighted by Crippen LogP contribution is 2.45. The van der Waals surface area contributed by atoms with Gasteiger partial charge in [-0.15, -0.1) is 0 Å². The number of furan rings is 1. The van der Waals surface area contributed by atoms with Crippen LogP contribution in [0.4, 0.5) is 15.8 Å². The molecule has 0 aliphatic carbocycles. The molecule has 4 atom stereocenters. The minimum Gasteiger partial charge on any atom is -0.459 e. The molecule has 40 heavy (non-hydrogen) atoms. The van der Waals surface area contributed by atoms with Gasteiger partial charge in [-0.05, 0) is 91.1 Å². The van der Waals surface area contributed by atoms with Gasteiger partial charge < -0.3 is 19.5 Å². The zero-order valence-corrected chi connectivity index (χ0v) is 25.3.